The maximum atomic E-state index is 13.2. The van der Waals surface area contributed by atoms with Crippen LogP contribution in [0.25, 0.3) is 22.4 Å². The van der Waals surface area contributed by atoms with Crippen LogP contribution >= 0.6 is 0 Å². The fourth-order valence-corrected chi connectivity index (χ4v) is 7.56. The Kier molecular flexibility index (Phi) is 9.82. The summed E-state index contributed by atoms with van der Waals surface area (Å²) in [7, 11) is 0. The first-order valence-corrected chi connectivity index (χ1v) is 16.4. The zero-order valence-electron chi connectivity index (χ0n) is 27.3. The van der Waals surface area contributed by atoms with Gasteiger partial charge in [0.25, 0.3) is 0 Å². The Bertz CT molecular complexity index is 1540. The lowest BCUT2D eigenvalue weighted by Gasteiger charge is -2.51. The Morgan fingerprint density at radius 3 is 2.20 bits per heavy atom. The molecular weight excluding hydrogens is 580 g/mol. The summed E-state index contributed by atoms with van der Waals surface area (Å²) in [6.45, 7) is 7.76. The maximum Gasteiger partial charge on any atom is 0.405 e. The van der Waals surface area contributed by atoms with Crippen LogP contribution in [0.4, 0.5) is 10.5 Å². The fraction of sp³-hybridized carbons (Fsp3) is 0.459. The molecule has 0 aliphatic heterocycles. The Hall–Kier alpha value is -4.24. The third-order valence-electron chi connectivity index (χ3n) is 9.51. The Morgan fingerprint density at radius 2 is 1.63 bits per heavy atom. The first-order chi connectivity index (χ1) is 21.9. The van der Waals surface area contributed by atoms with Crippen molar-refractivity contribution in [3.8, 4) is 22.4 Å². The highest BCUT2D eigenvalue weighted by molar-refractivity contribution is 5.93. The summed E-state index contributed by atoms with van der Waals surface area (Å²) < 4.78 is 0. The number of amides is 3. The fourth-order valence-electron chi connectivity index (χ4n) is 7.56. The van der Waals surface area contributed by atoms with E-state index in [2.05, 4.69) is 24.5 Å². The maximum absolute atomic E-state index is 13.2. The predicted octanol–water partition coefficient (Wildman–Crippen LogP) is 6.96. The second kappa shape index (κ2) is 13.6. The van der Waals surface area contributed by atoms with Gasteiger partial charge in [-0.25, -0.2) is 4.79 Å². The molecule has 9 nitrogen and oxygen atoms in total. The molecule has 0 saturated heterocycles. The van der Waals surface area contributed by atoms with Crippen LogP contribution in [0, 0.1) is 5.92 Å². The number of nitrogens with zero attached hydrogens (tertiary/aromatic N) is 2. The minimum absolute atomic E-state index is 0.0423. The van der Waals surface area contributed by atoms with Crippen molar-refractivity contribution in [3.05, 3.63) is 72.4 Å². The number of anilines is 1. The third kappa shape index (κ3) is 7.41. The molecule has 0 atom stereocenters. The highest BCUT2D eigenvalue weighted by Gasteiger charge is 2.53. The van der Waals surface area contributed by atoms with Crippen LogP contribution in [0.3, 0.4) is 0 Å². The van der Waals surface area contributed by atoms with Gasteiger partial charge >= 0.3 is 6.09 Å². The highest BCUT2D eigenvalue weighted by atomic mass is 16.4. The molecule has 4 N–H and O–H groups in total. The molecule has 9 heteroatoms. The first-order valence-electron chi connectivity index (χ1n) is 16.4. The van der Waals surface area contributed by atoms with Crippen molar-refractivity contribution in [2.45, 2.75) is 102 Å². The summed E-state index contributed by atoms with van der Waals surface area (Å²) in [5.74, 6) is 0.433. The minimum Gasteiger partial charge on any atom is -0.465 e. The summed E-state index contributed by atoms with van der Waals surface area (Å²) in [5, 5.41) is 25.5. The number of pyridine rings is 1. The van der Waals surface area contributed by atoms with Gasteiger partial charge in [0.15, 0.2) is 0 Å². The molecule has 3 aromatic rings. The Balaban J connectivity index is 1.30. The lowest BCUT2D eigenvalue weighted by atomic mass is 9.62. The average molecular weight is 627 g/mol. The smallest absolute Gasteiger partial charge is 0.405 e. The molecule has 2 saturated carbocycles. The minimum atomic E-state index is -1.13. The molecule has 1 heterocycles. The number of rotatable bonds is 10. The molecule has 46 heavy (non-hydrogen) atoms. The topological polar surface area (TPSA) is 132 Å². The summed E-state index contributed by atoms with van der Waals surface area (Å²) in [4.78, 5) is 44.1. The number of aromatic nitrogens is 1. The van der Waals surface area contributed by atoms with E-state index in [1.165, 1.54) is 0 Å². The van der Waals surface area contributed by atoms with E-state index in [0.29, 0.717) is 31.4 Å². The molecule has 2 aliphatic rings. The molecule has 0 spiro atoms. The average Bonchev–Trinajstić information content (AvgIpc) is 3.01. The first kappa shape index (κ1) is 33.1. The number of benzene rings is 2. The number of aliphatic hydroxyl groups is 1. The van der Waals surface area contributed by atoms with E-state index in [1.54, 1.807) is 13.1 Å². The van der Waals surface area contributed by atoms with Gasteiger partial charge in [0, 0.05) is 48.9 Å². The van der Waals surface area contributed by atoms with Gasteiger partial charge in [0.2, 0.25) is 11.8 Å². The van der Waals surface area contributed by atoms with Gasteiger partial charge in [-0.1, -0.05) is 61.5 Å². The zero-order valence-corrected chi connectivity index (χ0v) is 27.3. The van der Waals surface area contributed by atoms with Crippen LogP contribution in [0.2, 0.25) is 0 Å². The number of carbonyl (C=O) groups is 3. The standard InChI is InChI=1S/C37H46N4O5/c1-5-33(43)41(24(2)3)30-17-11-25(12-18-30)19-32(42)39-29-20-31(26-9-7-6-8-10-26)34(38-21-29)27-13-15-28(16-14-27)37(40-35(44)45)22-36(4,46)23-37/h6-10,13-16,20-21,24-25,30,40,46H,5,11-12,17-19,22-23H2,1-4H3,(H,39,42)(H,44,45). The summed E-state index contributed by atoms with van der Waals surface area (Å²) in [6, 6.07) is 19.9. The van der Waals surface area contributed by atoms with Gasteiger partial charge in [0.1, 0.15) is 0 Å². The van der Waals surface area contributed by atoms with Crippen LogP contribution in [0.5, 0.6) is 0 Å². The van der Waals surface area contributed by atoms with E-state index < -0.39 is 17.2 Å². The molecular formula is C37H46N4O5. The van der Waals surface area contributed by atoms with E-state index in [-0.39, 0.29) is 29.8 Å². The summed E-state index contributed by atoms with van der Waals surface area (Å²) in [6.07, 6.45) is 5.76. The summed E-state index contributed by atoms with van der Waals surface area (Å²) in [5.41, 5.74) is 3.07. The molecule has 2 aliphatic carbocycles. The monoisotopic (exact) mass is 626 g/mol. The van der Waals surface area contributed by atoms with Gasteiger partial charge in [-0.2, -0.15) is 0 Å². The van der Waals surface area contributed by atoms with Gasteiger partial charge < -0.3 is 25.7 Å². The zero-order chi connectivity index (χ0) is 33.1. The van der Waals surface area contributed by atoms with Crippen LogP contribution in [-0.2, 0) is 15.1 Å². The van der Waals surface area contributed by atoms with Crippen LogP contribution in [0.1, 0.15) is 84.6 Å². The van der Waals surface area contributed by atoms with Gasteiger partial charge in [-0.3, -0.25) is 14.6 Å². The molecule has 1 aromatic heterocycles. The van der Waals surface area contributed by atoms with E-state index in [9.17, 15) is 24.6 Å². The molecule has 244 valence electrons. The van der Waals surface area contributed by atoms with Crippen LogP contribution in [-0.4, -0.2) is 55.7 Å². The number of hydrogen-bond donors (Lipinski definition) is 4. The molecule has 0 unspecified atom stereocenters. The van der Waals surface area contributed by atoms with Crippen LogP contribution in [0.15, 0.2) is 66.9 Å². The van der Waals surface area contributed by atoms with Gasteiger partial charge in [-0.05, 0) is 69.6 Å². The Labute approximate surface area is 271 Å². The third-order valence-corrected chi connectivity index (χ3v) is 9.51. The van der Waals surface area contributed by atoms with Crippen molar-refractivity contribution < 1.29 is 24.6 Å². The van der Waals surface area contributed by atoms with Crippen molar-refractivity contribution in [2.24, 2.45) is 5.92 Å². The molecule has 0 bridgehead atoms. The van der Waals surface area contributed by atoms with Crippen LogP contribution < -0.4 is 10.6 Å². The van der Waals surface area contributed by atoms with Crippen molar-refractivity contribution in [2.75, 3.05) is 5.32 Å². The number of nitrogens with one attached hydrogen (secondary N) is 2. The Morgan fingerprint density at radius 1 is 0.978 bits per heavy atom. The second-order valence-electron chi connectivity index (χ2n) is 13.6. The van der Waals surface area contributed by atoms with Gasteiger partial charge in [0.05, 0.1) is 28.7 Å². The molecule has 2 fully saturated rings. The van der Waals surface area contributed by atoms with Gasteiger partial charge in [-0.15, -0.1) is 0 Å². The van der Waals surface area contributed by atoms with Crippen molar-refractivity contribution in [1.82, 2.24) is 15.2 Å². The van der Waals surface area contributed by atoms with E-state index in [1.807, 2.05) is 72.5 Å². The van der Waals surface area contributed by atoms with Crippen molar-refractivity contribution in [3.63, 3.8) is 0 Å². The second-order valence-corrected chi connectivity index (χ2v) is 13.6. The van der Waals surface area contributed by atoms with Crippen molar-refractivity contribution in [1.29, 1.82) is 0 Å². The normalized spacial score (nSPS) is 24.1. The molecule has 0 radical (unpaired) electrons. The summed E-state index contributed by atoms with van der Waals surface area (Å²) >= 11 is 0. The number of carbonyl (C=O) groups excluding carboxylic acids is 2. The van der Waals surface area contributed by atoms with E-state index in [0.717, 1.165) is 53.6 Å². The SMILES string of the molecule is CCC(=O)N(C(C)C)C1CCC(CC(=O)Nc2cnc(-c3ccc(C4(NC(=O)O)CC(C)(O)C4)cc3)c(-c3ccccc3)c2)CC1. The largest absolute Gasteiger partial charge is 0.465 e. The molecule has 5 rings (SSSR count). The number of hydrogen-bond acceptors (Lipinski definition) is 5. The lowest BCUT2D eigenvalue weighted by Crippen LogP contribution is -2.61. The highest BCUT2D eigenvalue weighted by Crippen LogP contribution is 2.48. The van der Waals surface area contributed by atoms with E-state index in [4.69, 9.17) is 4.98 Å². The molecule has 2 aromatic carbocycles. The number of carboxylic acid groups (broad SMARTS) is 1. The lowest BCUT2D eigenvalue weighted by molar-refractivity contribution is -0.136. The molecule has 3 amide bonds. The predicted molar refractivity (Wildman–Crippen MR) is 179 cm³/mol. The quantitative estimate of drug-likeness (QED) is 0.192. The van der Waals surface area contributed by atoms with Crippen molar-refractivity contribution >= 4 is 23.6 Å². The van der Waals surface area contributed by atoms with E-state index >= 15 is 0 Å².